The predicted octanol–water partition coefficient (Wildman–Crippen LogP) is 6.42. The van der Waals surface area contributed by atoms with E-state index < -0.39 is 0 Å². The van der Waals surface area contributed by atoms with Crippen molar-refractivity contribution in [3.05, 3.63) is 96.3 Å². The lowest BCUT2D eigenvalue weighted by Gasteiger charge is -2.13. The van der Waals surface area contributed by atoms with Gasteiger partial charge in [0.25, 0.3) is 0 Å². The summed E-state index contributed by atoms with van der Waals surface area (Å²) in [6.07, 6.45) is 1.66. The summed E-state index contributed by atoms with van der Waals surface area (Å²) >= 11 is 0. The van der Waals surface area contributed by atoms with Gasteiger partial charge in [-0.1, -0.05) is 92.7 Å². The van der Waals surface area contributed by atoms with Crippen LogP contribution < -0.4 is 5.32 Å². The van der Waals surface area contributed by atoms with Gasteiger partial charge in [-0.05, 0) is 28.2 Å². The zero-order valence-electron chi connectivity index (χ0n) is 18.2. The second-order valence-electron chi connectivity index (χ2n) is 8.16. The van der Waals surface area contributed by atoms with E-state index in [1.54, 1.807) is 6.33 Å². The van der Waals surface area contributed by atoms with E-state index in [1.807, 2.05) is 12.1 Å². The maximum atomic E-state index is 4.87. The molecule has 158 valence electrons. The van der Waals surface area contributed by atoms with Gasteiger partial charge in [0.15, 0.2) is 17.3 Å². The number of benzene rings is 3. The molecule has 2 N–H and O–H groups in total. The van der Waals surface area contributed by atoms with Crippen molar-refractivity contribution in [2.45, 2.75) is 26.3 Å². The average Bonchev–Trinajstić information content (AvgIpc) is 3.32. The van der Waals surface area contributed by atoms with Gasteiger partial charge in [-0.2, -0.15) is 0 Å². The molecule has 0 atom stereocenters. The Morgan fingerprint density at radius 1 is 0.812 bits per heavy atom. The van der Waals surface area contributed by atoms with Crippen LogP contribution in [0, 0.1) is 0 Å². The number of aromatic amines is 1. The van der Waals surface area contributed by atoms with E-state index in [-0.39, 0.29) is 0 Å². The summed E-state index contributed by atoms with van der Waals surface area (Å²) < 4.78 is 0. The quantitative estimate of drug-likeness (QED) is 0.333. The highest BCUT2D eigenvalue weighted by molar-refractivity contribution is 5.85. The van der Waals surface area contributed by atoms with Gasteiger partial charge in [0, 0.05) is 12.1 Å². The number of hydrogen-bond acceptors (Lipinski definition) is 4. The lowest BCUT2D eigenvalue weighted by atomic mass is 9.97. The summed E-state index contributed by atoms with van der Waals surface area (Å²) in [5.74, 6) is 1.83. The Hall–Kier alpha value is -3.99. The van der Waals surface area contributed by atoms with E-state index in [0.29, 0.717) is 23.9 Å². The number of imidazole rings is 1. The molecule has 0 saturated carbocycles. The molecular weight excluding hydrogens is 394 g/mol. The summed E-state index contributed by atoms with van der Waals surface area (Å²) in [5.41, 5.74) is 7.36. The number of nitrogens with zero attached hydrogens (tertiary/aromatic N) is 3. The molecule has 5 aromatic rings. The molecule has 5 nitrogen and oxygen atoms in total. The lowest BCUT2D eigenvalue weighted by Crippen LogP contribution is -2.05. The zero-order valence-corrected chi connectivity index (χ0v) is 18.2. The van der Waals surface area contributed by atoms with Gasteiger partial charge in [0.1, 0.15) is 5.52 Å². The molecular formula is C27H25N5. The van der Waals surface area contributed by atoms with Crippen LogP contribution in [0.25, 0.3) is 33.7 Å². The van der Waals surface area contributed by atoms with Crippen molar-refractivity contribution in [2.75, 3.05) is 5.32 Å². The van der Waals surface area contributed by atoms with Gasteiger partial charge in [-0.25, -0.2) is 15.0 Å². The van der Waals surface area contributed by atoms with Crippen molar-refractivity contribution in [1.82, 2.24) is 19.9 Å². The minimum Gasteiger partial charge on any atom is -0.364 e. The van der Waals surface area contributed by atoms with Crippen LogP contribution >= 0.6 is 0 Å². The molecule has 32 heavy (non-hydrogen) atoms. The van der Waals surface area contributed by atoms with Crippen molar-refractivity contribution in [2.24, 2.45) is 0 Å². The average molecular weight is 420 g/mol. The highest BCUT2D eigenvalue weighted by Gasteiger charge is 2.15. The van der Waals surface area contributed by atoms with Gasteiger partial charge < -0.3 is 10.3 Å². The second-order valence-corrected chi connectivity index (χ2v) is 8.16. The van der Waals surface area contributed by atoms with E-state index in [4.69, 9.17) is 9.97 Å². The van der Waals surface area contributed by atoms with Crippen molar-refractivity contribution in [3.8, 4) is 22.5 Å². The Morgan fingerprint density at radius 3 is 2.31 bits per heavy atom. The molecule has 2 heterocycles. The van der Waals surface area contributed by atoms with Crippen molar-refractivity contribution >= 4 is 17.0 Å². The van der Waals surface area contributed by atoms with Crippen molar-refractivity contribution in [3.63, 3.8) is 0 Å². The molecule has 0 aliphatic rings. The molecule has 5 rings (SSSR count). The SMILES string of the molecule is CC(C)c1ccccc1-c1nc(NCc2ccc(-c3ccccc3)cc2)c2[nH]cnc2n1. The minimum absolute atomic E-state index is 0.379. The van der Waals surface area contributed by atoms with Gasteiger partial charge in [-0.15, -0.1) is 0 Å². The van der Waals surface area contributed by atoms with E-state index in [1.165, 1.54) is 22.3 Å². The Kier molecular flexibility index (Phi) is 5.38. The standard InChI is InChI=1S/C27H25N5/c1-18(2)22-10-6-7-11-23(22)25-31-26(24-27(32-25)30-17-29-24)28-16-19-12-14-21(15-13-19)20-8-4-3-5-9-20/h3-15,17-18H,16H2,1-2H3,(H2,28,29,30,31,32). The number of H-pyrrole nitrogens is 1. The zero-order chi connectivity index (χ0) is 21.9. The molecule has 0 radical (unpaired) electrons. The van der Waals surface area contributed by atoms with Crippen LogP contribution in [-0.4, -0.2) is 19.9 Å². The summed E-state index contributed by atoms with van der Waals surface area (Å²) in [4.78, 5) is 17.2. The van der Waals surface area contributed by atoms with Crippen LogP contribution in [-0.2, 0) is 6.54 Å². The Labute approximate surface area is 187 Å². The van der Waals surface area contributed by atoms with Crippen LogP contribution in [0.5, 0.6) is 0 Å². The Morgan fingerprint density at radius 2 is 1.53 bits per heavy atom. The first-order chi connectivity index (χ1) is 15.7. The van der Waals surface area contributed by atoms with Crippen LogP contribution in [0.3, 0.4) is 0 Å². The number of aromatic nitrogens is 4. The maximum absolute atomic E-state index is 4.87. The summed E-state index contributed by atoms with van der Waals surface area (Å²) in [5, 5.41) is 3.49. The van der Waals surface area contributed by atoms with Gasteiger partial charge in [-0.3, -0.25) is 0 Å². The molecule has 2 aromatic heterocycles. The van der Waals surface area contributed by atoms with Crippen LogP contribution in [0.2, 0.25) is 0 Å². The highest BCUT2D eigenvalue weighted by Crippen LogP contribution is 2.29. The molecule has 3 aromatic carbocycles. The monoisotopic (exact) mass is 419 g/mol. The smallest absolute Gasteiger partial charge is 0.183 e. The molecule has 5 heteroatoms. The molecule has 0 unspecified atom stereocenters. The molecule has 0 aliphatic carbocycles. The number of rotatable bonds is 6. The van der Waals surface area contributed by atoms with Gasteiger partial charge >= 0.3 is 0 Å². The van der Waals surface area contributed by atoms with Crippen LogP contribution in [0.4, 0.5) is 5.82 Å². The predicted molar refractivity (Wildman–Crippen MR) is 130 cm³/mol. The number of hydrogen-bond donors (Lipinski definition) is 2. The third-order valence-electron chi connectivity index (χ3n) is 5.63. The van der Waals surface area contributed by atoms with Gasteiger partial charge in [0.05, 0.1) is 6.33 Å². The second kappa shape index (κ2) is 8.63. The number of nitrogens with one attached hydrogen (secondary N) is 2. The van der Waals surface area contributed by atoms with Crippen LogP contribution in [0.15, 0.2) is 85.2 Å². The van der Waals surface area contributed by atoms with Crippen molar-refractivity contribution in [1.29, 1.82) is 0 Å². The Bertz CT molecular complexity index is 1340. The molecule has 0 aliphatic heterocycles. The normalized spacial score (nSPS) is 11.2. The fourth-order valence-electron chi connectivity index (χ4n) is 3.92. The van der Waals surface area contributed by atoms with Crippen molar-refractivity contribution < 1.29 is 0 Å². The van der Waals surface area contributed by atoms with E-state index in [2.05, 4.69) is 95.9 Å². The molecule has 0 fully saturated rings. The first-order valence-corrected chi connectivity index (χ1v) is 10.9. The molecule has 0 amide bonds. The summed E-state index contributed by atoms with van der Waals surface area (Å²) in [7, 11) is 0. The lowest BCUT2D eigenvalue weighted by molar-refractivity contribution is 0.866. The number of fused-ring (bicyclic) bond motifs is 1. The minimum atomic E-state index is 0.379. The number of anilines is 1. The fraction of sp³-hybridized carbons (Fsp3) is 0.148. The van der Waals surface area contributed by atoms with E-state index in [0.717, 1.165) is 16.9 Å². The van der Waals surface area contributed by atoms with E-state index >= 15 is 0 Å². The highest BCUT2D eigenvalue weighted by atomic mass is 15.1. The summed E-state index contributed by atoms with van der Waals surface area (Å²) in [6.45, 7) is 5.03. The molecule has 0 saturated heterocycles. The maximum Gasteiger partial charge on any atom is 0.183 e. The Balaban J connectivity index is 1.43. The summed E-state index contributed by atoms with van der Waals surface area (Å²) in [6, 6.07) is 27.3. The first kappa shape index (κ1) is 19.9. The fourth-order valence-corrected chi connectivity index (χ4v) is 3.92. The first-order valence-electron chi connectivity index (χ1n) is 10.9. The molecule has 0 bridgehead atoms. The third-order valence-corrected chi connectivity index (χ3v) is 5.63. The van der Waals surface area contributed by atoms with Gasteiger partial charge in [0.2, 0.25) is 0 Å². The molecule has 0 spiro atoms. The van der Waals surface area contributed by atoms with E-state index in [9.17, 15) is 0 Å². The third kappa shape index (κ3) is 3.97. The van der Waals surface area contributed by atoms with Crippen LogP contribution in [0.1, 0.15) is 30.9 Å². The topological polar surface area (TPSA) is 66.5 Å². The largest absolute Gasteiger partial charge is 0.364 e.